The summed E-state index contributed by atoms with van der Waals surface area (Å²) < 4.78 is 9.28. The van der Waals surface area contributed by atoms with Crippen LogP contribution in [0.25, 0.3) is 110 Å². The molecule has 262 valence electrons. The Hall–Kier alpha value is -7.28. The molecule has 0 saturated carbocycles. The smallest absolute Gasteiger partial charge is 0.164 e. The highest BCUT2D eigenvalue weighted by Crippen LogP contribution is 2.44. The van der Waals surface area contributed by atoms with Gasteiger partial charge in [0.2, 0.25) is 0 Å². The molecule has 0 unspecified atom stereocenters. The second-order valence-corrected chi connectivity index (χ2v) is 14.9. The quantitative estimate of drug-likeness (QED) is 0.170. The molecule has 0 atom stereocenters. The fourth-order valence-electron chi connectivity index (χ4n) is 7.68. The molecule has 0 amide bonds. The van der Waals surface area contributed by atoms with Gasteiger partial charge in [-0.15, -0.1) is 11.3 Å². The molecule has 0 bridgehead atoms. The molecule has 0 spiro atoms. The van der Waals surface area contributed by atoms with Crippen LogP contribution in [0, 0.1) is 0 Å². The zero-order valence-electron chi connectivity index (χ0n) is 29.9. The fraction of sp³-hybridized carbons (Fsp3) is 0. The van der Waals surface area contributed by atoms with Crippen LogP contribution in [0.1, 0.15) is 0 Å². The first-order valence-electron chi connectivity index (χ1n) is 18.5. The van der Waals surface area contributed by atoms with Crippen molar-refractivity contribution in [2.24, 2.45) is 0 Å². The molecule has 0 saturated heterocycles. The van der Waals surface area contributed by atoms with Crippen LogP contribution in [0.2, 0.25) is 0 Å². The molecule has 7 aromatic carbocycles. The molecule has 4 aromatic heterocycles. The number of aromatic nitrogens is 4. The van der Waals surface area contributed by atoms with Crippen molar-refractivity contribution in [3.63, 3.8) is 0 Å². The summed E-state index contributed by atoms with van der Waals surface area (Å²) in [5.41, 5.74) is 11.0. The Labute approximate surface area is 326 Å². The predicted octanol–water partition coefficient (Wildman–Crippen LogP) is 13.5. The number of thiophene rings is 1. The van der Waals surface area contributed by atoms with Crippen LogP contribution >= 0.6 is 11.3 Å². The number of fused-ring (bicyclic) bond motifs is 6. The first kappa shape index (κ1) is 32.2. The zero-order chi connectivity index (χ0) is 37.0. The van der Waals surface area contributed by atoms with E-state index in [1.807, 2.05) is 60.0 Å². The van der Waals surface area contributed by atoms with Gasteiger partial charge in [-0.1, -0.05) is 133 Å². The molecule has 0 radical (unpaired) electrons. The third-order valence-electron chi connectivity index (χ3n) is 10.5. The second kappa shape index (κ2) is 13.2. The summed E-state index contributed by atoms with van der Waals surface area (Å²) in [5.74, 6) is 1.85. The number of benzene rings is 7. The average Bonchev–Trinajstić information content (AvgIpc) is 3.85. The first-order valence-corrected chi connectivity index (χ1v) is 19.3. The van der Waals surface area contributed by atoms with Gasteiger partial charge in [0.15, 0.2) is 17.5 Å². The summed E-state index contributed by atoms with van der Waals surface area (Å²) in [5, 5.41) is 4.79. The van der Waals surface area contributed by atoms with Crippen LogP contribution in [-0.4, -0.2) is 19.9 Å². The topological polar surface area (TPSA) is 64.7 Å². The maximum Gasteiger partial charge on any atom is 0.164 e. The van der Waals surface area contributed by atoms with Gasteiger partial charge in [-0.25, -0.2) is 15.0 Å². The van der Waals surface area contributed by atoms with E-state index in [0.29, 0.717) is 17.5 Å². The number of hydrogen-bond acceptors (Lipinski definition) is 6. The van der Waals surface area contributed by atoms with E-state index in [9.17, 15) is 0 Å². The van der Waals surface area contributed by atoms with Gasteiger partial charge in [-0.2, -0.15) is 0 Å². The van der Waals surface area contributed by atoms with E-state index in [1.54, 1.807) is 6.20 Å². The highest BCUT2D eigenvalue weighted by atomic mass is 32.1. The Morgan fingerprint density at radius 1 is 0.393 bits per heavy atom. The van der Waals surface area contributed by atoms with Crippen LogP contribution in [-0.2, 0) is 0 Å². The van der Waals surface area contributed by atoms with Crippen LogP contribution in [0.4, 0.5) is 0 Å². The van der Waals surface area contributed by atoms with E-state index in [1.165, 1.54) is 25.7 Å². The van der Waals surface area contributed by atoms with Crippen molar-refractivity contribution in [1.82, 2.24) is 19.9 Å². The number of rotatable bonds is 6. The van der Waals surface area contributed by atoms with Gasteiger partial charge in [0.05, 0.1) is 0 Å². The Morgan fingerprint density at radius 2 is 0.964 bits per heavy atom. The number of nitrogens with zero attached hydrogens (tertiary/aromatic N) is 4. The van der Waals surface area contributed by atoms with Crippen molar-refractivity contribution < 1.29 is 4.42 Å². The van der Waals surface area contributed by atoms with Crippen molar-refractivity contribution in [1.29, 1.82) is 0 Å². The van der Waals surface area contributed by atoms with Crippen LogP contribution in [0.5, 0.6) is 0 Å². The van der Waals surface area contributed by atoms with E-state index in [0.717, 1.165) is 66.4 Å². The lowest BCUT2D eigenvalue weighted by Crippen LogP contribution is -2.00. The van der Waals surface area contributed by atoms with Gasteiger partial charge in [0.25, 0.3) is 0 Å². The fourth-order valence-corrected chi connectivity index (χ4v) is 8.77. The summed E-state index contributed by atoms with van der Waals surface area (Å²) in [6, 6.07) is 59.0. The van der Waals surface area contributed by atoms with Crippen LogP contribution in [0.15, 0.2) is 187 Å². The van der Waals surface area contributed by atoms with Gasteiger partial charge < -0.3 is 4.42 Å². The van der Waals surface area contributed by atoms with Crippen molar-refractivity contribution in [3.8, 4) is 67.5 Å². The molecular weight excluding hydrogens is 705 g/mol. The van der Waals surface area contributed by atoms with Crippen LogP contribution in [0.3, 0.4) is 0 Å². The van der Waals surface area contributed by atoms with E-state index >= 15 is 0 Å². The summed E-state index contributed by atoms with van der Waals surface area (Å²) >= 11 is 1.84. The van der Waals surface area contributed by atoms with Gasteiger partial charge >= 0.3 is 0 Å². The van der Waals surface area contributed by atoms with Gasteiger partial charge in [-0.05, 0) is 64.2 Å². The van der Waals surface area contributed by atoms with Gasteiger partial charge in [-0.3, -0.25) is 4.98 Å². The highest BCUT2D eigenvalue weighted by Gasteiger charge is 2.19. The van der Waals surface area contributed by atoms with E-state index in [2.05, 4.69) is 132 Å². The third-order valence-corrected chi connectivity index (χ3v) is 11.6. The Kier molecular flexibility index (Phi) is 7.60. The Bertz CT molecular complexity index is 3230. The minimum Gasteiger partial charge on any atom is -0.455 e. The van der Waals surface area contributed by atoms with E-state index in [4.69, 9.17) is 19.4 Å². The largest absolute Gasteiger partial charge is 0.455 e. The normalized spacial score (nSPS) is 11.6. The molecule has 0 aliphatic carbocycles. The predicted molar refractivity (Wildman–Crippen MR) is 230 cm³/mol. The molecular formula is C50H30N4OS. The van der Waals surface area contributed by atoms with Gasteiger partial charge in [0, 0.05) is 65.6 Å². The lowest BCUT2D eigenvalue weighted by molar-refractivity contribution is 0.670. The standard InChI is InChI=1S/C50H30N4OS/c1-2-9-33(10-3-1)48-52-49(34-20-16-31(17-21-34)37-11-8-28-51-30-37)54-50(53-48)35-22-18-32(19-23-35)39-26-25-38(46-41-13-4-6-14-43(41)55-47(39)46)36-24-27-45-42(29-36)40-12-5-7-15-44(40)56-45/h1-30H. The lowest BCUT2D eigenvalue weighted by atomic mass is 9.93. The number of pyridine rings is 1. The highest BCUT2D eigenvalue weighted by molar-refractivity contribution is 7.25. The van der Waals surface area contributed by atoms with Gasteiger partial charge in [0.1, 0.15) is 11.2 Å². The minimum atomic E-state index is 0.609. The van der Waals surface area contributed by atoms with Crippen molar-refractivity contribution in [3.05, 3.63) is 182 Å². The molecule has 0 fully saturated rings. The minimum absolute atomic E-state index is 0.609. The molecule has 6 heteroatoms. The Balaban J connectivity index is 1.00. The monoisotopic (exact) mass is 734 g/mol. The van der Waals surface area contributed by atoms with E-state index in [-0.39, 0.29) is 0 Å². The number of para-hydroxylation sites is 1. The molecule has 56 heavy (non-hydrogen) atoms. The molecule has 5 nitrogen and oxygen atoms in total. The summed E-state index contributed by atoms with van der Waals surface area (Å²) in [4.78, 5) is 19.2. The van der Waals surface area contributed by atoms with Crippen molar-refractivity contribution >= 4 is 53.4 Å². The molecule has 0 aliphatic rings. The zero-order valence-corrected chi connectivity index (χ0v) is 30.7. The summed E-state index contributed by atoms with van der Waals surface area (Å²) in [6.07, 6.45) is 3.65. The number of hydrogen-bond donors (Lipinski definition) is 0. The maximum absolute atomic E-state index is 6.69. The molecule has 0 aliphatic heterocycles. The van der Waals surface area contributed by atoms with E-state index < -0.39 is 0 Å². The molecule has 11 aromatic rings. The average molecular weight is 735 g/mol. The Morgan fingerprint density at radius 3 is 1.70 bits per heavy atom. The number of furan rings is 1. The van der Waals surface area contributed by atoms with Crippen molar-refractivity contribution in [2.45, 2.75) is 0 Å². The lowest BCUT2D eigenvalue weighted by Gasteiger charge is -2.11. The van der Waals surface area contributed by atoms with Crippen LogP contribution < -0.4 is 0 Å². The third kappa shape index (κ3) is 5.54. The summed E-state index contributed by atoms with van der Waals surface area (Å²) in [7, 11) is 0. The molecule has 4 heterocycles. The SMILES string of the molecule is c1ccc(-c2nc(-c3ccc(-c4cccnc4)cc3)nc(-c3ccc(-c4ccc(-c5ccc6sc7ccccc7c6c5)c5c4oc4ccccc45)cc3)n2)cc1. The van der Waals surface area contributed by atoms with Crippen molar-refractivity contribution in [2.75, 3.05) is 0 Å². The second-order valence-electron chi connectivity index (χ2n) is 13.8. The molecule has 11 rings (SSSR count). The molecule has 0 N–H and O–H groups in total. The first-order chi connectivity index (χ1) is 27.7. The summed E-state index contributed by atoms with van der Waals surface area (Å²) in [6.45, 7) is 0. The maximum atomic E-state index is 6.69.